The average Bonchev–Trinajstić information content (AvgIpc) is 2.66. The Morgan fingerprint density at radius 3 is 2.55 bits per heavy atom. The van der Waals surface area contributed by atoms with Gasteiger partial charge in [-0.15, -0.1) is 0 Å². The number of aryl methyl sites for hydroxylation is 2. The number of nitrogens with one attached hydrogen (secondary N) is 2. The van der Waals surface area contributed by atoms with E-state index in [0.29, 0.717) is 33.8 Å². The van der Waals surface area contributed by atoms with E-state index >= 15 is 0 Å². The Hall–Kier alpha value is -2.87. The van der Waals surface area contributed by atoms with Gasteiger partial charge < -0.3 is 14.8 Å². The lowest BCUT2D eigenvalue weighted by molar-refractivity contribution is -0.126. The van der Waals surface area contributed by atoms with Gasteiger partial charge in [-0.2, -0.15) is 5.10 Å². The smallest absolute Gasteiger partial charge is 0.249 e. The number of carbonyl (C=O) groups excluding carboxylic acids is 2. The summed E-state index contributed by atoms with van der Waals surface area (Å²) in [5.74, 6) is 0.215. The number of hydrazone groups is 1. The fourth-order valence-corrected chi connectivity index (χ4v) is 3.06. The van der Waals surface area contributed by atoms with Gasteiger partial charge in [0.25, 0.3) is 0 Å². The minimum atomic E-state index is -0.514. The molecule has 2 aromatic carbocycles. The third-order valence-electron chi connectivity index (χ3n) is 4.06. The van der Waals surface area contributed by atoms with Crippen LogP contribution in [0.5, 0.6) is 11.5 Å². The van der Waals surface area contributed by atoms with Gasteiger partial charge in [0.1, 0.15) is 6.42 Å². The maximum absolute atomic E-state index is 12.0. The van der Waals surface area contributed by atoms with Gasteiger partial charge in [-0.25, -0.2) is 5.43 Å². The van der Waals surface area contributed by atoms with Crippen LogP contribution in [0, 0.1) is 13.8 Å². The number of halogens is 1. The lowest BCUT2D eigenvalue weighted by Crippen LogP contribution is -2.24. The maximum atomic E-state index is 12.0. The Morgan fingerprint density at radius 1 is 1.14 bits per heavy atom. The van der Waals surface area contributed by atoms with E-state index in [9.17, 15) is 9.59 Å². The van der Waals surface area contributed by atoms with Gasteiger partial charge in [0.05, 0.1) is 24.4 Å². The highest BCUT2D eigenvalue weighted by Crippen LogP contribution is 2.36. The molecule has 0 fully saturated rings. The van der Waals surface area contributed by atoms with Crippen LogP contribution in [0.25, 0.3) is 0 Å². The first-order chi connectivity index (χ1) is 13.8. The summed E-state index contributed by atoms with van der Waals surface area (Å²) in [6.45, 7) is 6.33. The molecule has 0 aromatic heterocycles. The second kappa shape index (κ2) is 10.6. The lowest BCUT2D eigenvalue weighted by Gasteiger charge is -2.11. The zero-order valence-corrected chi connectivity index (χ0v) is 18.4. The Kier molecular flexibility index (Phi) is 8.21. The van der Waals surface area contributed by atoms with Crippen molar-refractivity contribution in [1.29, 1.82) is 0 Å². The van der Waals surface area contributed by atoms with Gasteiger partial charge in [0, 0.05) is 5.69 Å². The molecule has 0 saturated carbocycles. The van der Waals surface area contributed by atoms with Crippen molar-refractivity contribution in [2.45, 2.75) is 27.2 Å². The van der Waals surface area contributed by atoms with Gasteiger partial charge in [0.2, 0.25) is 11.8 Å². The largest absolute Gasteiger partial charge is 0.493 e. The van der Waals surface area contributed by atoms with Crippen molar-refractivity contribution in [3.8, 4) is 11.5 Å². The molecule has 0 aliphatic heterocycles. The zero-order valence-electron chi connectivity index (χ0n) is 16.8. The van der Waals surface area contributed by atoms with Crippen molar-refractivity contribution in [1.82, 2.24) is 5.43 Å². The fourth-order valence-electron chi connectivity index (χ4n) is 2.49. The summed E-state index contributed by atoms with van der Waals surface area (Å²) in [5, 5.41) is 6.60. The Labute approximate surface area is 178 Å². The molecule has 0 heterocycles. The van der Waals surface area contributed by atoms with Crippen molar-refractivity contribution in [2.75, 3.05) is 19.0 Å². The van der Waals surface area contributed by atoms with E-state index in [0.717, 1.165) is 11.1 Å². The lowest BCUT2D eigenvalue weighted by atomic mass is 10.1. The number of amides is 2. The standard InChI is InChI=1S/C21H24BrN3O4/c1-5-29-21-17(22)9-15(10-18(21)28-4)12-23-25-20(27)11-19(26)24-16-7-6-13(2)14(3)8-16/h6-10,12H,5,11H2,1-4H3,(H,24,26)(H,25,27). The quantitative estimate of drug-likeness (QED) is 0.353. The molecule has 2 rings (SSSR count). The number of methoxy groups -OCH3 is 1. The van der Waals surface area contributed by atoms with E-state index < -0.39 is 11.8 Å². The van der Waals surface area contributed by atoms with E-state index in [-0.39, 0.29) is 6.42 Å². The maximum Gasteiger partial charge on any atom is 0.249 e. The third kappa shape index (κ3) is 6.60. The van der Waals surface area contributed by atoms with Crippen LogP contribution in [0.15, 0.2) is 39.9 Å². The van der Waals surface area contributed by atoms with Gasteiger partial charge in [-0.05, 0) is 77.7 Å². The molecule has 0 aliphatic carbocycles. The van der Waals surface area contributed by atoms with E-state index in [1.54, 1.807) is 25.3 Å². The molecular formula is C21H24BrN3O4. The molecule has 2 N–H and O–H groups in total. The van der Waals surface area contributed by atoms with Crippen LogP contribution in [-0.2, 0) is 9.59 Å². The van der Waals surface area contributed by atoms with E-state index in [2.05, 4.69) is 31.8 Å². The first-order valence-electron chi connectivity index (χ1n) is 9.03. The number of hydrogen-bond donors (Lipinski definition) is 2. The normalized spacial score (nSPS) is 10.7. The molecule has 0 radical (unpaired) electrons. The molecule has 0 aliphatic rings. The SMILES string of the molecule is CCOc1c(Br)cc(C=NNC(=O)CC(=O)Nc2ccc(C)c(C)c2)cc1OC. The molecule has 8 heteroatoms. The first kappa shape index (κ1) is 22.4. The number of rotatable bonds is 8. The Bertz CT molecular complexity index is 928. The predicted molar refractivity (Wildman–Crippen MR) is 117 cm³/mol. The van der Waals surface area contributed by atoms with Gasteiger partial charge >= 0.3 is 0 Å². The zero-order chi connectivity index (χ0) is 21.4. The monoisotopic (exact) mass is 461 g/mol. The molecule has 0 bridgehead atoms. The van der Waals surface area contributed by atoms with Crippen LogP contribution in [0.3, 0.4) is 0 Å². The van der Waals surface area contributed by atoms with Crippen molar-refractivity contribution >= 4 is 39.6 Å². The summed E-state index contributed by atoms with van der Waals surface area (Å²) in [5.41, 5.74) is 5.89. The highest BCUT2D eigenvalue weighted by molar-refractivity contribution is 9.10. The minimum Gasteiger partial charge on any atom is -0.493 e. The van der Waals surface area contributed by atoms with Crippen molar-refractivity contribution in [2.24, 2.45) is 5.10 Å². The van der Waals surface area contributed by atoms with E-state index in [1.807, 2.05) is 32.9 Å². The highest BCUT2D eigenvalue weighted by atomic mass is 79.9. The molecule has 0 saturated heterocycles. The molecule has 0 spiro atoms. The van der Waals surface area contributed by atoms with Crippen LogP contribution in [-0.4, -0.2) is 31.7 Å². The fraction of sp³-hybridized carbons (Fsp3) is 0.286. The second-order valence-corrected chi connectivity index (χ2v) is 7.14. The molecule has 154 valence electrons. The number of nitrogens with zero attached hydrogens (tertiary/aromatic N) is 1. The minimum absolute atomic E-state index is 0.333. The molecule has 0 unspecified atom stereocenters. The topological polar surface area (TPSA) is 89.0 Å². The Balaban J connectivity index is 1.92. The molecule has 2 amide bonds. The average molecular weight is 462 g/mol. The van der Waals surface area contributed by atoms with Gasteiger partial charge in [-0.3, -0.25) is 9.59 Å². The highest BCUT2D eigenvalue weighted by Gasteiger charge is 2.11. The van der Waals surface area contributed by atoms with Gasteiger partial charge in [-0.1, -0.05) is 6.07 Å². The Morgan fingerprint density at radius 2 is 1.90 bits per heavy atom. The third-order valence-corrected chi connectivity index (χ3v) is 4.64. The summed E-state index contributed by atoms with van der Waals surface area (Å²) in [7, 11) is 1.54. The summed E-state index contributed by atoms with van der Waals surface area (Å²) in [6.07, 6.45) is 1.13. The number of anilines is 1. The van der Waals surface area contributed by atoms with E-state index in [1.165, 1.54) is 6.21 Å². The molecule has 29 heavy (non-hydrogen) atoms. The van der Waals surface area contributed by atoms with Crippen LogP contribution in [0.1, 0.15) is 30.0 Å². The number of carbonyl (C=O) groups is 2. The van der Waals surface area contributed by atoms with Crippen molar-refractivity contribution < 1.29 is 19.1 Å². The van der Waals surface area contributed by atoms with Crippen LogP contribution in [0.2, 0.25) is 0 Å². The summed E-state index contributed by atoms with van der Waals surface area (Å²) >= 11 is 3.43. The van der Waals surface area contributed by atoms with Crippen molar-refractivity contribution in [3.05, 3.63) is 51.5 Å². The summed E-state index contributed by atoms with van der Waals surface area (Å²) in [4.78, 5) is 24.0. The van der Waals surface area contributed by atoms with Crippen LogP contribution >= 0.6 is 15.9 Å². The predicted octanol–water partition coefficient (Wildman–Crippen LogP) is 3.95. The number of benzene rings is 2. The second-order valence-electron chi connectivity index (χ2n) is 6.28. The number of hydrogen-bond acceptors (Lipinski definition) is 5. The summed E-state index contributed by atoms with van der Waals surface area (Å²) < 4.78 is 11.6. The van der Waals surface area contributed by atoms with E-state index in [4.69, 9.17) is 9.47 Å². The summed E-state index contributed by atoms with van der Waals surface area (Å²) in [6, 6.07) is 9.10. The molecule has 0 atom stereocenters. The van der Waals surface area contributed by atoms with Crippen LogP contribution < -0.4 is 20.2 Å². The first-order valence-corrected chi connectivity index (χ1v) is 9.82. The molecule has 2 aromatic rings. The van der Waals surface area contributed by atoms with Crippen LogP contribution in [0.4, 0.5) is 5.69 Å². The molecule has 7 nitrogen and oxygen atoms in total. The van der Waals surface area contributed by atoms with Gasteiger partial charge in [0.15, 0.2) is 11.5 Å². The number of ether oxygens (including phenoxy) is 2. The molecular weight excluding hydrogens is 438 g/mol. The van der Waals surface area contributed by atoms with Crippen molar-refractivity contribution in [3.63, 3.8) is 0 Å².